The van der Waals surface area contributed by atoms with E-state index in [4.69, 9.17) is 0 Å². The van der Waals surface area contributed by atoms with Crippen LogP contribution in [0, 0.1) is 5.92 Å². The molecule has 1 atom stereocenters. The van der Waals surface area contributed by atoms with Gasteiger partial charge in [-0.3, -0.25) is 4.68 Å². The van der Waals surface area contributed by atoms with Gasteiger partial charge in [0.1, 0.15) is 0 Å². The van der Waals surface area contributed by atoms with Gasteiger partial charge in [0.05, 0.1) is 23.7 Å². The summed E-state index contributed by atoms with van der Waals surface area (Å²) in [6, 6.07) is 9.68. The van der Waals surface area contributed by atoms with Gasteiger partial charge < -0.3 is 0 Å². The smallest absolute Gasteiger partial charge is 0.234 e. The quantitative estimate of drug-likeness (QED) is 0.660. The second-order valence-electron chi connectivity index (χ2n) is 8.95. The molecule has 0 saturated heterocycles. The number of aromatic nitrogens is 2. The lowest BCUT2D eigenvalue weighted by atomic mass is 9.85. The van der Waals surface area contributed by atoms with Crippen molar-refractivity contribution in [3.05, 3.63) is 58.3 Å². The van der Waals surface area contributed by atoms with Crippen molar-refractivity contribution >= 4 is 25.9 Å². The van der Waals surface area contributed by atoms with E-state index in [1.807, 2.05) is 41.9 Å². The SMILES string of the molecule is C[C@@H](NS(=O)(=O)/C=C/c1nn(Cc2ccccc2)c2c1CS(=O)(=O)CC2)C1CCCCC1. The molecule has 0 spiro atoms. The van der Waals surface area contributed by atoms with E-state index in [9.17, 15) is 16.8 Å². The first-order valence-corrected chi connectivity index (χ1v) is 14.6. The minimum atomic E-state index is -3.66. The molecule has 0 amide bonds. The van der Waals surface area contributed by atoms with E-state index in [0.29, 0.717) is 30.1 Å². The maximum absolute atomic E-state index is 12.7. The maximum Gasteiger partial charge on any atom is 0.234 e. The Labute approximate surface area is 190 Å². The van der Waals surface area contributed by atoms with E-state index in [0.717, 1.165) is 42.3 Å². The maximum atomic E-state index is 12.7. The minimum Gasteiger partial charge on any atom is -0.264 e. The van der Waals surface area contributed by atoms with Crippen molar-refractivity contribution in [3.63, 3.8) is 0 Å². The van der Waals surface area contributed by atoms with E-state index >= 15 is 0 Å². The molecule has 1 aliphatic heterocycles. The highest BCUT2D eigenvalue weighted by Crippen LogP contribution is 2.28. The van der Waals surface area contributed by atoms with E-state index in [1.54, 1.807) is 0 Å². The summed E-state index contributed by atoms with van der Waals surface area (Å²) in [7, 11) is -6.88. The van der Waals surface area contributed by atoms with Crippen molar-refractivity contribution in [1.29, 1.82) is 0 Å². The second kappa shape index (κ2) is 9.49. The van der Waals surface area contributed by atoms with Gasteiger partial charge in [0, 0.05) is 29.1 Å². The van der Waals surface area contributed by atoms with Crippen LogP contribution in [0.5, 0.6) is 0 Å². The number of fused-ring (bicyclic) bond motifs is 1. The molecule has 9 heteroatoms. The molecule has 0 radical (unpaired) electrons. The number of nitrogens with zero attached hydrogens (tertiary/aromatic N) is 2. The average molecular weight is 478 g/mol. The first kappa shape index (κ1) is 23.2. The lowest BCUT2D eigenvalue weighted by molar-refractivity contribution is 0.303. The van der Waals surface area contributed by atoms with Gasteiger partial charge in [-0.05, 0) is 37.3 Å². The van der Waals surface area contributed by atoms with Crippen LogP contribution in [0.4, 0.5) is 0 Å². The molecule has 1 saturated carbocycles. The van der Waals surface area contributed by atoms with Gasteiger partial charge >= 0.3 is 0 Å². The van der Waals surface area contributed by atoms with Crippen molar-refractivity contribution in [2.45, 2.75) is 63.8 Å². The highest BCUT2D eigenvalue weighted by molar-refractivity contribution is 7.92. The third-order valence-electron chi connectivity index (χ3n) is 6.50. The fourth-order valence-electron chi connectivity index (χ4n) is 4.74. The number of sulfone groups is 1. The Morgan fingerprint density at radius 1 is 1.19 bits per heavy atom. The van der Waals surface area contributed by atoms with Crippen molar-refractivity contribution < 1.29 is 16.8 Å². The summed E-state index contributed by atoms with van der Waals surface area (Å²) in [5.74, 6) is 0.334. The minimum absolute atomic E-state index is 0.0857. The molecule has 2 aliphatic rings. The Morgan fingerprint density at radius 3 is 2.62 bits per heavy atom. The van der Waals surface area contributed by atoms with Crippen LogP contribution in [0.3, 0.4) is 0 Å². The Morgan fingerprint density at radius 2 is 1.91 bits per heavy atom. The Bertz CT molecular complexity index is 1180. The third-order valence-corrected chi connectivity index (χ3v) is 9.25. The fourth-order valence-corrected chi connectivity index (χ4v) is 7.24. The van der Waals surface area contributed by atoms with Crippen molar-refractivity contribution in [3.8, 4) is 0 Å². The monoisotopic (exact) mass is 477 g/mol. The molecule has 2 heterocycles. The number of hydrogen-bond donors (Lipinski definition) is 1. The van der Waals surface area contributed by atoms with Crippen molar-refractivity contribution in [2.24, 2.45) is 5.92 Å². The van der Waals surface area contributed by atoms with Gasteiger partial charge in [-0.25, -0.2) is 21.6 Å². The Hall–Kier alpha value is -1.97. The van der Waals surface area contributed by atoms with Crippen LogP contribution < -0.4 is 4.72 Å². The van der Waals surface area contributed by atoms with E-state index in [2.05, 4.69) is 9.82 Å². The number of rotatable bonds is 7. The summed E-state index contributed by atoms with van der Waals surface area (Å²) < 4.78 is 54.5. The van der Waals surface area contributed by atoms with Crippen molar-refractivity contribution in [1.82, 2.24) is 14.5 Å². The molecule has 1 fully saturated rings. The van der Waals surface area contributed by atoms with E-state index in [1.165, 1.54) is 12.5 Å². The van der Waals surface area contributed by atoms with Gasteiger partial charge in [0.25, 0.3) is 0 Å². The van der Waals surface area contributed by atoms with Crippen molar-refractivity contribution in [2.75, 3.05) is 5.75 Å². The zero-order valence-electron chi connectivity index (χ0n) is 18.4. The van der Waals surface area contributed by atoms with Crippen LogP contribution in [-0.4, -0.2) is 38.4 Å². The highest BCUT2D eigenvalue weighted by atomic mass is 32.2. The average Bonchev–Trinajstić information content (AvgIpc) is 3.08. The molecule has 1 N–H and O–H groups in total. The van der Waals surface area contributed by atoms with Crippen LogP contribution in [-0.2, 0) is 38.6 Å². The number of nitrogens with one attached hydrogen (secondary N) is 1. The molecule has 1 aliphatic carbocycles. The zero-order valence-corrected chi connectivity index (χ0v) is 20.0. The van der Waals surface area contributed by atoms with Gasteiger partial charge in [0.2, 0.25) is 10.0 Å². The van der Waals surface area contributed by atoms with Crippen LogP contribution in [0.25, 0.3) is 6.08 Å². The summed E-state index contributed by atoms with van der Waals surface area (Å²) in [6.45, 7) is 2.44. The lowest BCUT2D eigenvalue weighted by Gasteiger charge is -2.27. The molecule has 7 nitrogen and oxygen atoms in total. The number of sulfonamides is 1. The highest BCUT2D eigenvalue weighted by Gasteiger charge is 2.28. The molecule has 0 bridgehead atoms. The summed E-state index contributed by atoms with van der Waals surface area (Å²) in [6.07, 6.45) is 7.42. The molecule has 2 aromatic rings. The first-order valence-electron chi connectivity index (χ1n) is 11.3. The summed E-state index contributed by atoms with van der Waals surface area (Å²) in [5, 5.41) is 5.73. The van der Waals surface area contributed by atoms with Gasteiger partial charge in [-0.2, -0.15) is 5.10 Å². The largest absolute Gasteiger partial charge is 0.264 e. The Balaban J connectivity index is 1.57. The first-order chi connectivity index (χ1) is 15.2. The molecule has 1 aromatic heterocycles. The van der Waals surface area contributed by atoms with Gasteiger partial charge in [-0.1, -0.05) is 49.6 Å². The van der Waals surface area contributed by atoms with Crippen LogP contribution in [0.1, 0.15) is 61.5 Å². The number of hydrogen-bond acceptors (Lipinski definition) is 5. The molecule has 1 aromatic carbocycles. The zero-order chi connectivity index (χ0) is 22.8. The molecule has 4 rings (SSSR count). The second-order valence-corrected chi connectivity index (χ2v) is 12.7. The fraction of sp³-hybridized carbons (Fsp3) is 0.522. The summed E-state index contributed by atoms with van der Waals surface area (Å²) >= 11 is 0. The predicted octanol–water partition coefficient (Wildman–Crippen LogP) is 3.26. The van der Waals surface area contributed by atoms with Gasteiger partial charge in [0.15, 0.2) is 9.84 Å². The van der Waals surface area contributed by atoms with Crippen LogP contribution in [0.15, 0.2) is 35.7 Å². The number of benzene rings is 1. The van der Waals surface area contributed by atoms with Crippen LogP contribution in [0.2, 0.25) is 0 Å². The molecular weight excluding hydrogens is 446 g/mol. The van der Waals surface area contributed by atoms with Crippen LogP contribution >= 0.6 is 0 Å². The normalized spacial score (nSPS) is 20.3. The van der Waals surface area contributed by atoms with Gasteiger partial charge in [-0.15, -0.1) is 0 Å². The molecular formula is C23H31N3O4S2. The predicted molar refractivity (Wildman–Crippen MR) is 126 cm³/mol. The van der Waals surface area contributed by atoms with E-state index < -0.39 is 19.9 Å². The summed E-state index contributed by atoms with van der Waals surface area (Å²) in [4.78, 5) is 0. The molecule has 32 heavy (non-hydrogen) atoms. The summed E-state index contributed by atoms with van der Waals surface area (Å²) in [5.41, 5.74) is 2.94. The standard InChI is InChI=1S/C23H31N3O4S2/c1-18(20-10-6-3-7-11-20)25-32(29,30)15-12-22-21-17-31(27,28)14-13-23(21)26(24-22)16-19-8-4-2-5-9-19/h2,4-5,8-9,12,15,18,20,25H,3,6-7,10-11,13-14,16-17H2,1H3/b15-12+/t18-/m1/s1. The molecule has 0 unspecified atom stereocenters. The van der Waals surface area contributed by atoms with E-state index in [-0.39, 0.29) is 17.5 Å². The topological polar surface area (TPSA) is 98.1 Å². The lowest BCUT2D eigenvalue weighted by Crippen LogP contribution is -2.37. The third kappa shape index (κ3) is 5.68. The molecule has 174 valence electrons. The Kier molecular flexibility index (Phi) is 6.88.